The number of benzene rings is 9. The van der Waals surface area contributed by atoms with Crippen molar-refractivity contribution in [1.82, 2.24) is 19.1 Å². The number of imidazole rings is 1. The summed E-state index contributed by atoms with van der Waals surface area (Å²) in [6.07, 6.45) is 1.96. The molecule has 0 spiro atoms. The molecule has 12 aromatic rings. The predicted octanol–water partition coefficient (Wildman–Crippen LogP) is 19.1. The van der Waals surface area contributed by atoms with Crippen LogP contribution < -0.4 is 0 Å². The standard InChI is InChI=1S/C72H64N4O/c1-70(2,3)53-38-51(59-29-21-32-65-68(59)74-69(61-27-17-19-33-66(61)77)76(65)57-44-54(71(4,5)6)43-55(45-57)72(7,8)9)37-52(39-53)62-42-48(34-35-73-62)58-28-20-31-64-67(58)60-26-16-18-30-63(60)75(64)56-40-49(46-22-12-10-13-23-46)36-50(41-56)47-24-14-11-15-25-47/h10-45,77H,1-9H3. The molecule has 77 heavy (non-hydrogen) atoms. The molecule has 5 heteroatoms. The van der Waals surface area contributed by atoms with Gasteiger partial charge in [-0.1, -0.05) is 190 Å². The van der Waals surface area contributed by atoms with E-state index in [1.807, 2.05) is 24.4 Å². The van der Waals surface area contributed by atoms with Gasteiger partial charge in [-0.05, 0) is 157 Å². The van der Waals surface area contributed by atoms with E-state index in [-0.39, 0.29) is 22.0 Å². The van der Waals surface area contributed by atoms with Crippen molar-refractivity contribution in [3.05, 3.63) is 235 Å². The number of phenolic OH excluding ortho intramolecular Hbond substituents is 1. The average Bonchev–Trinajstić information content (AvgIpc) is 4.01. The number of aromatic hydroxyl groups is 1. The van der Waals surface area contributed by atoms with E-state index in [9.17, 15) is 5.11 Å². The maximum absolute atomic E-state index is 11.5. The highest BCUT2D eigenvalue weighted by Gasteiger charge is 2.26. The van der Waals surface area contributed by atoms with Gasteiger partial charge in [0.15, 0.2) is 0 Å². The first-order valence-electron chi connectivity index (χ1n) is 26.9. The first-order valence-corrected chi connectivity index (χ1v) is 26.9. The van der Waals surface area contributed by atoms with Gasteiger partial charge in [0, 0.05) is 39.5 Å². The number of nitrogens with zero attached hydrogens (tertiary/aromatic N) is 4. The van der Waals surface area contributed by atoms with Gasteiger partial charge < -0.3 is 9.67 Å². The highest BCUT2D eigenvalue weighted by atomic mass is 16.3. The van der Waals surface area contributed by atoms with Gasteiger partial charge >= 0.3 is 0 Å². The van der Waals surface area contributed by atoms with Crippen LogP contribution in [0.15, 0.2) is 219 Å². The van der Waals surface area contributed by atoms with Crippen LogP contribution in [0.3, 0.4) is 0 Å². The number of phenols is 1. The molecule has 0 bridgehead atoms. The van der Waals surface area contributed by atoms with Crippen LogP contribution in [0, 0.1) is 0 Å². The number of fused-ring (bicyclic) bond motifs is 4. The van der Waals surface area contributed by atoms with Crippen LogP contribution in [-0.4, -0.2) is 24.2 Å². The molecule has 0 radical (unpaired) electrons. The maximum atomic E-state index is 11.5. The smallest absolute Gasteiger partial charge is 0.149 e. The zero-order chi connectivity index (χ0) is 53.4. The van der Waals surface area contributed by atoms with Crippen LogP contribution in [0.25, 0.3) is 111 Å². The summed E-state index contributed by atoms with van der Waals surface area (Å²) < 4.78 is 4.68. The Morgan fingerprint density at radius 1 is 0.364 bits per heavy atom. The Kier molecular flexibility index (Phi) is 12.0. The first kappa shape index (κ1) is 49.1. The van der Waals surface area contributed by atoms with Gasteiger partial charge in [-0.25, -0.2) is 4.98 Å². The van der Waals surface area contributed by atoms with Crippen molar-refractivity contribution in [3.63, 3.8) is 0 Å². The highest BCUT2D eigenvalue weighted by molar-refractivity contribution is 6.16. The number of aromatic nitrogens is 4. The Hall–Kier alpha value is -8.80. The summed E-state index contributed by atoms with van der Waals surface area (Å²) >= 11 is 0. The quantitative estimate of drug-likeness (QED) is 0.165. The molecule has 0 unspecified atom stereocenters. The molecule has 0 atom stereocenters. The Morgan fingerprint density at radius 2 is 0.883 bits per heavy atom. The molecule has 0 aliphatic heterocycles. The Balaban J connectivity index is 1.03. The molecule has 9 aromatic carbocycles. The van der Waals surface area contributed by atoms with Crippen molar-refractivity contribution < 1.29 is 5.11 Å². The number of para-hydroxylation sites is 3. The third-order valence-electron chi connectivity index (χ3n) is 15.3. The molecule has 0 aliphatic rings. The second-order valence-electron chi connectivity index (χ2n) is 23.8. The van der Waals surface area contributed by atoms with Crippen molar-refractivity contribution in [2.45, 2.75) is 78.6 Å². The highest BCUT2D eigenvalue weighted by Crippen LogP contribution is 2.44. The molecule has 5 nitrogen and oxygen atoms in total. The number of hydrogen-bond donors (Lipinski definition) is 1. The molecule has 0 aliphatic carbocycles. The SMILES string of the molecule is CC(C)(C)c1cc(-c2cc(-c3cccc4c3c3ccccc3n4-c3cc(-c4ccccc4)cc(-c4ccccc4)c3)ccn2)cc(-c2cccc3c2nc(-c2ccccc2O)n3-c2cc(C(C)(C)C)cc(C(C)(C)C)c2)c1. The molecule has 0 amide bonds. The molecule has 1 N–H and O–H groups in total. The molecular weight excluding hydrogens is 937 g/mol. The van der Waals surface area contributed by atoms with E-state index in [2.05, 4.69) is 260 Å². The van der Waals surface area contributed by atoms with E-state index < -0.39 is 0 Å². The molecule has 3 heterocycles. The third kappa shape index (κ3) is 9.10. The third-order valence-corrected chi connectivity index (χ3v) is 15.3. The lowest BCUT2D eigenvalue weighted by Gasteiger charge is -2.27. The number of pyridine rings is 1. The monoisotopic (exact) mass is 1000 g/mol. The minimum atomic E-state index is -0.182. The second-order valence-corrected chi connectivity index (χ2v) is 23.8. The van der Waals surface area contributed by atoms with Gasteiger partial charge in [0.05, 0.1) is 33.3 Å². The maximum Gasteiger partial charge on any atom is 0.149 e. The molecule has 3 aromatic heterocycles. The summed E-state index contributed by atoms with van der Waals surface area (Å²) in [6, 6.07) is 76.1. The van der Waals surface area contributed by atoms with Gasteiger partial charge in [0.25, 0.3) is 0 Å². The minimum Gasteiger partial charge on any atom is -0.507 e. The van der Waals surface area contributed by atoms with Crippen molar-refractivity contribution >= 4 is 32.8 Å². The van der Waals surface area contributed by atoms with Gasteiger partial charge in [-0.3, -0.25) is 9.55 Å². The Bertz CT molecular complexity index is 4120. The first-order chi connectivity index (χ1) is 37.0. The summed E-state index contributed by atoms with van der Waals surface area (Å²) in [4.78, 5) is 10.7. The molecule has 0 fully saturated rings. The normalized spacial score (nSPS) is 12.3. The predicted molar refractivity (Wildman–Crippen MR) is 324 cm³/mol. The molecule has 12 rings (SSSR count). The summed E-state index contributed by atoms with van der Waals surface area (Å²) in [7, 11) is 0. The largest absolute Gasteiger partial charge is 0.507 e. The second kappa shape index (κ2) is 18.8. The minimum absolute atomic E-state index is 0.101. The zero-order valence-corrected chi connectivity index (χ0v) is 45.5. The lowest BCUT2D eigenvalue weighted by atomic mass is 9.80. The summed E-state index contributed by atoms with van der Waals surface area (Å²) in [5.74, 6) is 0.875. The van der Waals surface area contributed by atoms with Crippen molar-refractivity contribution in [1.29, 1.82) is 0 Å². The fourth-order valence-electron chi connectivity index (χ4n) is 11.0. The number of hydrogen-bond acceptors (Lipinski definition) is 3. The van der Waals surface area contributed by atoms with E-state index in [0.717, 1.165) is 67.0 Å². The molecular formula is C72H64N4O. The van der Waals surface area contributed by atoms with E-state index in [4.69, 9.17) is 9.97 Å². The summed E-state index contributed by atoms with van der Waals surface area (Å²) in [5.41, 5.74) is 21.1. The Labute approximate surface area is 452 Å². The van der Waals surface area contributed by atoms with Crippen LogP contribution in [0.1, 0.15) is 79.0 Å². The Morgan fingerprint density at radius 3 is 1.53 bits per heavy atom. The van der Waals surface area contributed by atoms with E-state index in [1.165, 1.54) is 49.7 Å². The van der Waals surface area contributed by atoms with Crippen LogP contribution in [-0.2, 0) is 16.2 Å². The average molecular weight is 1000 g/mol. The van der Waals surface area contributed by atoms with E-state index in [0.29, 0.717) is 11.4 Å². The van der Waals surface area contributed by atoms with Crippen LogP contribution in [0.5, 0.6) is 5.75 Å². The van der Waals surface area contributed by atoms with E-state index >= 15 is 0 Å². The molecule has 0 saturated carbocycles. The topological polar surface area (TPSA) is 55.9 Å². The van der Waals surface area contributed by atoms with Gasteiger partial charge in [0.2, 0.25) is 0 Å². The van der Waals surface area contributed by atoms with Crippen molar-refractivity contribution in [2.24, 2.45) is 0 Å². The number of rotatable bonds is 8. The van der Waals surface area contributed by atoms with Crippen molar-refractivity contribution in [3.8, 4) is 84.3 Å². The molecule has 378 valence electrons. The van der Waals surface area contributed by atoms with Gasteiger partial charge in [-0.15, -0.1) is 0 Å². The fourth-order valence-corrected chi connectivity index (χ4v) is 11.0. The summed E-state index contributed by atoms with van der Waals surface area (Å²) in [5, 5.41) is 13.9. The zero-order valence-electron chi connectivity index (χ0n) is 45.5. The van der Waals surface area contributed by atoms with Gasteiger partial charge in [0.1, 0.15) is 11.6 Å². The summed E-state index contributed by atoms with van der Waals surface area (Å²) in [6.45, 7) is 20.4. The fraction of sp³-hybridized carbons (Fsp3) is 0.167. The van der Waals surface area contributed by atoms with Crippen molar-refractivity contribution in [2.75, 3.05) is 0 Å². The van der Waals surface area contributed by atoms with Crippen LogP contribution in [0.2, 0.25) is 0 Å². The van der Waals surface area contributed by atoms with E-state index in [1.54, 1.807) is 6.07 Å². The van der Waals surface area contributed by atoms with Crippen LogP contribution in [0.4, 0.5) is 0 Å². The molecule has 0 saturated heterocycles. The van der Waals surface area contributed by atoms with Crippen LogP contribution >= 0.6 is 0 Å². The lowest BCUT2D eigenvalue weighted by molar-refractivity contribution is 0.477. The lowest BCUT2D eigenvalue weighted by Crippen LogP contribution is -2.17. The van der Waals surface area contributed by atoms with Gasteiger partial charge in [-0.2, -0.15) is 0 Å².